The highest BCUT2D eigenvalue weighted by Crippen LogP contribution is 2.15. The van der Waals surface area contributed by atoms with Gasteiger partial charge in [-0.25, -0.2) is 8.42 Å². The van der Waals surface area contributed by atoms with E-state index in [4.69, 9.17) is 5.73 Å². The van der Waals surface area contributed by atoms with E-state index in [1.54, 1.807) is 0 Å². The first-order chi connectivity index (χ1) is 8.48. The summed E-state index contributed by atoms with van der Waals surface area (Å²) in [6.45, 7) is 4.00. The van der Waals surface area contributed by atoms with Crippen LogP contribution in [0.4, 0.5) is 0 Å². The van der Waals surface area contributed by atoms with E-state index in [9.17, 15) is 8.42 Å². The second-order valence-corrected chi connectivity index (χ2v) is 6.94. The molecule has 0 aromatic heterocycles. The van der Waals surface area contributed by atoms with Crippen molar-refractivity contribution in [3.05, 3.63) is 35.4 Å². The Labute approximate surface area is 110 Å². The number of aryl methyl sites for hydroxylation is 1. The van der Waals surface area contributed by atoms with Crippen LogP contribution >= 0.6 is 0 Å². The van der Waals surface area contributed by atoms with Gasteiger partial charge in [0.05, 0.1) is 5.75 Å². The molecule has 0 fully saturated rings. The van der Waals surface area contributed by atoms with Crippen LogP contribution in [0, 0.1) is 0 Å². The number of hydrogen-bond acceptors (Lipinski definition) is 3. The second kappa shape index (κ2) is 6.90. The van der Waals surface area contributed by atoms with Crippen molar-refractivity contribution in [2.75, 3.05) is 11.5 Å². The molecule has 0 saturated heterocycles. The number of sulfone groups is 1. The van der Waals surface area contributed by atoms with Crippen LogP contribution in [0.5, 0.6) is 0 Å². The maximum absolute atomic E-state index is 11.7. The van der Waals surface area contributed by atoms with Crippen molar-refractivity contribution in [3.8, 4) is 0 Å². The first-order valence-electron chi connectivity index (χ1n) is 6.53. The van der Waals surface area contributed by atoms with Crippen LogP contribution in [0.25, 0.3) is 0 Å². The van der Waals surface area contributed by atoms with E-state index >= 15 is 0 Å². The quantitative estimate of drug-likeness (QED) is 0.827. The van der Waals surface area contributed by atoms with Crippen molar-refractivity contribution in [1.29, 1.82) is 0 Å². The van der Waals surface area contributed by atoms with Crippen LogP contribution in [0.3, 0.4) is 0 Å². The Morgan fingerprint density at radius 2 is 1.72 bits per heavy atom. The van der Waals surface area contributed by atoms with Crippen LogP contribution in [0.15, 0.2) is 24.3 Å². The molecule has 0 radical (unpaired) electrons. The molecule has 18 heavy (non-hydrogen) atoms. The largest absolute Gasteiger partial charge is 0.323 e. The summed E-state index contributed by atoms with van der Waals surface area (Å²) in [5, 5.41) is 0. The molecule has 0 aliphatic rings. The van der Waals surface area contributed by atoms with Gasteiger partial charge in [-0.3, -0.25) is 0 Å². The Morgan fingerprint density at radius 3 is 2.22 bits per heavy atom. The molecule has 1 unspecified atom stereocenters. The Morgan fingerprint density at radius 1 is 1.11 bits per heavy atom. The highest BCUT2D eigenvalue weighted by atomic mass is 32.2. The van der Waals surface area contributed by atoms with Crippen molar-refractivity contribution in [2.24, 2.45) is 5.73 Å². The lowest BCUT2D eigenvalue weighted by Gasteiger charge is -2.12. The van der Waals surface area contributed by atoms with E-state index in [0.29, 0.717) is 6.42 Å². The highest BCUT2D eigenvalue weighted by molar-refractivity contribution is 7.91. The molecule has 2 N–H and O–H groups in total. The van der Waals surface area contributed by atoms with Gasteiger partial charge in [-0.05, 0) is 24.0 Å². The van der Waals surface area contributed by atoms with Crippen molar-refractivity contribution in [3.63, 3.8) is 0 Å². The molecule has 1 aromatic rings. The van der Waals surface area contributed by atoms with Gasteiger partial charge < -0.3 is 5.73 Å². The molecular formula is C14H23NO2S. The molecular weight excluding hydrogens is 246 g/mol. The summed E-state index contributed by atoms with van der Waals surface area (Å²) in [7, 11) is -3.02. The summed E-state index contributed by atoms with van der Waals surface area (Å²) in [5.74, 6) is 0.253. The van der Waals surface area contributed by atoms with Gasteiger partial charge in [-0.2, -0.15) is 0 Å². The van der Waals surface area contributed by atoms with Crippen molar-refractivity contribution >= 4 is 9.84 Å². The number of nitrogens with two attached hydrogens (primary N) is 1. The van der Waals surface area contributed by atoms with Gasteiger partial charge in [-0.1, -0.05) is 44.5 Å². The maximum atomic E-state index is 11.7. The van der Waals surface area contributed by atoms with Gasteiger partial charge in [0.2, 0.25) is 0 Å². The lowest BCUT2D eigenvalue weighted by molar-refractivity contribution is 0.587. The summed E-state index contributed by atoms with van der Waals surface area (Å²) in [6.07, 6.45) is 2.80. The Kier molecular flexibility index (Phi) is 5.82. The third-order valence-corrected chi connectivity index (χ3v) is 4.79. The molecule has 0 bridgehead atoms. The molecule has 0 saturated carbocycles. The minimum Gasteiger partial charge on any atom is -0.323 e. The van der Waals surface area contributed by atoms with E-state index in [0.717, 1.165) is 18.4 Å². The summed E-state index contributed by atoms with van der Waals surface area (Å²) < 4.78 is 23.4. The first kappa shape index (κ1) is 15.2. The Bertz CT molecular complexity index is 451. The molecule has 0 aliphatic carbocycles. The van der Waals surface area contributed by atoms with Gasteiger partial charge in [-0.15, -0.1) is 0 Å². The fourth-order valence-electron chi connectivity index (χ4n) is 1.98. The van der Waals surface area contributed by atoms with Crippen molar-refractivity contribution in [2.45, 2.75) is 39.2 Å². The van der Waals surface area contributed by atoms with E-state index < -0.39 is 15.9 Å². The van der Waals surface area contributed by atoms with Crippen LogP contribution < -0.4 is 5.73 Å². The van der Waals surface area contributed by atoms with E-state index in [1.807, 2.05) is 31.2 Å². The number of hydrogen-bond donors (Lipinski definition) is 1. The first-order valence-corrected chi connectivity index (χ1v) is 8.35. The molecule has 4 heteroatoms. The molecule has 0 heterocycles. The lowest BCUT2D eigenvalue weighted by Crippen LogP contribution is -2.23. The standard InChI is InChI=1S/C14H23NO2S/c1-3-5-12-6-8-13(9-7-12)14(15)11-18(16,17)10-4-2/h6-9,14H,3-5,10-11,15H2,1-2H3. The molecule has 1 aromatic carbocycles. The molecule has 1 atom stereocenters. The van der Waals surface area contributed by atoms with Gasteiger partial charge in [0, 0.05) is 11.8 Å². The maximum Gasteiger partial charge on any atom is 0.152 e. The SMILES string of the molecule is CCCc1ccc(C(N)CS(=O)(=O)CCC)cc1. The van der Waals surface area contributed by atoms with Crippen LogP contribution in [0.1, 0.15) is 43.9 Å². The molecule has 0 aliphatic heterocycles. The van der Waals surface area contributed by atoms with Gasteiger partial charge in [0.15, 0.2) is 9.84 Å². The summed E-state index contributed by atoms with van der Waals surface area (Å²) in [6, 6.07) is 7.53. The van der Waals surface area contributed by atoms with Crippen molar-refractivity contribution < 1.29 is 8.42 Å². The third kappa shape index (κ3) is 4.78. The monoisotopic (exact) mass is 269 g/mol. The Balaban J connectivity index is 2.69. The molecule has 1 rings (SSSR count). The summed E-state index contributed by atoms with van der Waals surface area (Å²) >= 11 is 0. The predicted octanol–water partition coefficient (Wildman–Crippen LogP) is 2.46. The fraction of sp³-hybridized carbons (Fsp3) is 0.571. The van der Waals surface area contributed by atoms with Crippen LogP contribution in [-0.4, -0.2) is 19.9 Å². The Hall–Kier alpha value is -0.870. The lowest BCUT2D eigenvalue weighted by atomic mass is 10.0. The smallest absolute Gasteiger partial charge is 0.152 e. The highest BCUT2D eigenvalue weighted by Gasteiger charge is 2.16. The number of rotatable bonds is 7. The minimum absolute atomic E-state index is 0.0357. The zero-order valence-corrected chi connectivity index (χ0v) is 12.0. The van der Waals surface area contributed by atoms with Gasteiger partial charge in [0.25, 0.3) is 0 Å². The van der Waals surface area contributed by atoms with Crippen LogP contribution in [-0.2, 0) is 16.3 Å². The second-order valence-electron chi connectivity index (χ2n) is 4.71. The van der Waals surface area contributed by atoms with E-state index in [1.165, 1.54) is 5.56 Å². The summed E-state index contributed by atoms with van der Waals surface area (Å²) in [4.78, 5) is 0. The third-order valence-electron chi connectivity index (χ3n) is 2.90. The fourth-order valence-corrected chi connectivity index (χ4v) is 3.51. The summed E-state index contributed by atoms with van der Waals surface area (Å²) in [5.41, 5.74) is 8.12. The van der Waals surface area contributed by atoms with E-state index in [-0.39, 0.29) is 11.5 Å². The zero-order valence-electron chi connectivity index (χ0n) is 11.2. The average Bonchev–Trinajstić information content (AvgIpc) is 2.29. The predicted molar refractivity (Wildman–Crippen MR) is 76.3 cm³/mol. The van der Waals surface area contributed by atoms with E-state index in [2.05, 4.69) is 6.92 Å². The normalized spacial score (nSPS) is 13.5. The minimum atomic E-state index is -3.02. The molecule has 0 spiro atoms. The molecule has 102 valence electrons. The topological polar surface area (TPSA) is 60.2 Å². The molecule has 0 amide bonds. The van der Waals surface area contributed by atoms with Gasteiger partial charge in [0.1, 0.15) is 0 Å². The average molecular weight is 269 g/mol. The van der Waals surface area contributed by atoms with Crippen molar-refractivity contribution in [1.82, 2.24) is 0 Å². The number of benzene rings is 1. The zero-order chi connectivity index (χ0) is 13.6. The van der Waals surface area contributed by atoms with Gasteiger partial charge >= 0.3 is 0 Å². The molecule has 3 nitrogen and oxygen atoms in total. The van der Waals surface area contributed by atoms with Crippen LogP contribution in [0.2, 0.25) is 0 Å².